The molecule has 0 bridgehead atoms. The van der Waals surface area contributed by atoms with E-state index in [9.17, 15) is 4.79 Å². The predicted molar refractivity (Wildman–Crippen MR) is 144 cm³/mol. The Balaban J connectivity index is 0.000000293. The minimum Gasteiger partial charge on any atom is -0.388 e. The maximum Gasteiger partial charge on any atom is 0.152 e. The second-order valence-corrected chi connectivity index (χ2v) is 6.87. The van der Waals surface area contributed by atoms with Gasteiger partial charge in [-0.05, 0) is 41.8 Å². The summed E-state index contributed by atoms with van der Waals surface area (Å²) in [4.78, 5) is 19.6. The van der Waals surface area contributed by atoms with Crippen LogP contribution in [0.3, 0.4) is 0 Å². The Hall–Kier alpha value is -3.56. The molecule has 1 aromatic heterocycles. The molecule has 0 fully saturated rings. The molecule has 2 N–H and O–H groups in total. The molecule has 170 valence electrons. The van der Waals surface area contributed by atoms with E-state index in [1.54, 1.807) is 6.07 Å². The van der Waals surface area contributed by atoms with Crippen LogP contribution < -0.4 is 10.6 Å². The molecular weight excluding hydrogens is 427 g/mol. The Bertz CT molecular complexity index is 1150. The number of aldehydes is 1. The number of rotatable bonds is 7. The largest absolute Gasteiger partial charge is 0.388 e. The zero-order valence-corrected chi connectivity index (χ0v) is 20.3. The van der Waals surface area contributed by atoms with Crippen molar-refractivity contribution in [2.45, 2.75) is 13.0 Å². The molecule has 0 aliphatic carbocycles. The van der Waals surface area contributed by atoms with Gasteiger partial charge in [0.1, 0.15) is 12.1 Å². The summed E-state index contributed by atoms with van der Waals surface area (Å²) >= 11 is 0. The van der Waals surface area contributed by atoms with Crippen molar-refractivity contribution >= 4 is 37.9 Å². The molecule has 0 amide bonds. The Morgan fingerprint density at radius 2 is 1.67 bits per heavy atom. The van der Waals surface area contributed by atoms with Crippen LogP contribution in [0.25, 0.3) is 10.9 Å². The summed E-state index contributed by atoms with van der Waals surface area (Å²) in [6, 6.07) is 23.9. The number of fused-ring (bicyclic) bond motifs is 1. The topological polar surface area (TPSA) is 66.9 Å². The second-order valence-electron chi connectivity index (χ2n) is 6.87. The summed E-state index contributed by atoms with van der Waals surface area (Å²) in [5, 5.41) is 7.27. The van der Waals surface area contributed by atoms with Crippen molar-refractivity contribution in [2.24, 2.45) is 0 Å². The molecule has 0 saturated carbocycles. The Labute approximate surface area is 198 Å². The van der Waals surface area contributed by atoms with Gasteiger partial charge in [-0.15, -0.1) is 15.8 Å². The third-order valence-corrected chi connectivity index (χ3v) is 4.72. The van der Waals surface area contributed by atoms with Crippen molar-refractivity contribution < 1.29 is 4.79 Å². The number of aromatic nitrogens is 2. The molecule has 1 heterocycles. The van der Waals surface area contributed by atoms with Gasteiger partial charge >= 0.3 is 0 Å². The van der Waals surface area contributed by atoms with Crippen molar-refractivity contribution in [3.63, 3.8) is 0 Å². The number of carbonyl (C=O) groups excluding carboxylic acids is 1. The fourth-order valence-electron chi connectivity index (χ4n) is 3.15. The van der Waals surface area contributed by atoms with Gasteiger partial charge in [0.25, 0.3) is 0 Å². The summed E-state index contributed by atoms with van der Waals surface area (Å²) < 4.78 is 0. The van der Waals surface area contributed by atoms with Crippen molar-refractivity contribution in [3.05, 3.63) is 108 Å². The highest BCUT2D eigenvalue weighted by Crippen LogP contribution is 2.22. The first-order valence-electron chi connectivity index (χ1n) is 10.7. The van der Waals surface area contributed by atoms with Gasteiger partial charge < -0.3 is 10.6 Å². The SMILES string of the molecule is C=CCc1ccccc1.CNc1cccc(CNc2ncnc3c(C=O)cccc23)c1.CP. The van der Waals surface area contributed by atoms with Crippen LogP contribution >= 0.6 is 9.24 Å². The highest BCUT2D eigenvalue weighted by Gasteiger charge is 2.07. The van der Waals surface area contributed by atoms with E-state index >= 15 is 0 Å². The number of benzene rings is 3. The minimum atomic E-state index is 0.570. The zero-order valence-electron chi connectivity index (χ0n) is 19.2. The molecule has 1 unspecified atom stereocenters. The van der Waals surface area contributed by atoms with Gasteiger partial charge in [-0.3, -0.25) is 4.79 Å². The van der Waals surface area contributed by atoms with Gasteiger partial charge in [0.05, 0.1) is 5.52 Å². The number of hydrogen-bond donors (Lipinski definition) is 2. The van der Waals surface area contributed by atoms with E-state index in [0.29, 0.717) is 17.6 Å². The number of carbonyl (C=O) groups is 1. The second kappa shape index (κ2) is 14.5. The predicted octanol–water partition coefficient (Wildman–Crippen LogP) is 6.00. The summed E-state index contributed by atoms with van der Waals surface area (Å²) in [7, 11) is 4.31. The first kappa shape index (κ1) is 25.7. The van der Waals surface area contributed by atoms with Crippen LogP contribution in [0.4, 0.5) is 11.5 Å². The average Bonchev–Trinajstić information content (AvgIpc) is 2.89. The first-order chi connectivity index (χ1) is 16.2. The van der Waals surface area contributed by atoms with Crippen LogP contribution in [-0.4, -0.2) is 30.0 Å². The molecule has 0 aliphatic rings. The molecule has 4 rings (SSSR count). The molecule has 0 spiro atoms. The lowest BCUT2D eigenvalue weighted by atomic mass is 10.1. The molecule has 33 heavy (non-hydrogen) atoms. The molecule has 6 heteroatoms. The van der Waals surface area contributed by atoms with Gasteiger partial charge in [0, 0.05) is 30.2 Å². The third kappa shape index (κ3) is 7.81. The fourth-order valence-corrected chi connectivity index (χ4v) is 3.15. The Kier molecular flexibility index (Phi) is 11.3. The number of anilines is 2. The van der Waals surface area contributed by atoms with Gasteiger partial charge in [0.2, 0.25) is 0 Å². The summed E-state index contributed by atoms with van der Waals surface area (Å²) in [5.74, 6) is 0.726. The molecule has 0 aliphatic heterocycles. The van der Waals surface area contributed by atoms with E-state index < -0.39 is 0 Å². The van der Waals surface area contributed by atoms with Crippen molar-refractivity contribution in [1.29, 1.82) is 0 Å². The van der Waals surface area contributed by atoms with Crippen LogP contribution in [0.1, 0.15) is 21.5 Å². The zero-order chi connectivity index (χ0) is 23.9. The van der Waals surface area contributed by atoms with E-state index in [0.717, 1.165) is 35.2 Å². The lowest BCUT2D eigenvalue weighted by molar-refractivity contribution is 0.112. The number of hydrogen-bond acceptors (Lipinski definition) is 5. The van der Waals surface area contributed by atoms with E-state index in [-0.39, 0.29) is 0 Å². The molecule has 3 aromatic carbocycles. The van der Waals surface area contributed by atoms with Crippen molar-refractivity contribution in [1.82, 2.24) is 9.97 Å². The van der Waals surface area contributed by atoms with Crippen LogP contribution in [-0.2, 0) is 13.0 Å². The molecule has 1 atom stereocenters. The minimum absolute atomic E-state index is 0.570. The Morgan fingerprint density at radius 1 is 0.939 bits per heavy atom. The highest BCUT2D eigenvalue weighted by molar-refractivity contribution is 7.15. The quantitative estimate of drug-likeness (QED) is 0.202. The Morgan fingerprint density at radius 3 is 2.36 bits per heavy atom. The van der Waals surface area contributed by atoms with Crippen LogP contribution in [0, 0.1) is 0 Å². The van der Waals surface area contributed by atoms with Gasteiger partial charge in [-0.1, -0.05) is 61.3 Å². The maximum absolute atomic E-state index is 11.1. The van der Waals surface area contributed by atoms with E-state index in [4.69, 9.17) is 0 Å². The lowest BCUT2D eigenvalue weighted by Crippen LogP contribution is -2.03. The van der Waals surface area contributed by atoms with Gasteiger partial charge in [0.15, 0.2) is 6.29 Å². The highest BCUT2D eigenvalue weighted by atomic mass is 31.0. The summed E-state index contributed by atoms with van der Waals surface area (Å²) in [5.41, 5.74) is 4.77. The van der Waals surface area contributed by atoms with Crippen molar-refractivity contribution in [3.8, 4) is 0 Å². The molecule has 0 saturated heterocycles. The summed E-state index contributed by atoms with van der Waals surface area (Å²) in [6.45, 7) is 6.22. The van der Waals surface area contributed by atoms with Crippen LogP contribution in [0.5, 0.6) is 0 Å². The number of nitrogens with one attached hydrogen (secondary N) is 2. The van der Waals surface area contributed by atoms with Crippen LogP contribution in [0.2, 0.25) is 0 Å². The number of para-hydroxylation sites is 1. The molecule has 4 aromatic rings. The normalized spacial score (nSPS) is 9.55. The third-order valence-electron chi connectivity index (χ3n) is 4.72. The van der Waals surface area contributed by atoms with E-state index in [1.165, 1.54) is 11.9 Å². The van der Waals surface area contributed by atoms with Crippen LogP contribution in [0.15, 0.2) is 91.8 Å². The van der Waals surface area contributed by atoms with E-state index in [2.05, 4.69) is 54.6 Å². The van der Waals surface area contributed by atoms with E-state index in [1.807, 2.05) is 68.3 Å². The fraction of sp³-hybridized carbons (Fsp3) is 0.148. The molecular formula is C27H31N4OP. The number of nitrogens with zero attached hydrogens (tertiary/aromatic N) is 2. The lowest BCUT2D eigenvalue weighted by Gasteiger charge is -2.10. The maximum atomic E-state index is 11.1. The molecule has 5 nitrogen and oxygen atoms in total. The van der Waals surface area contributed by atoms with Crippen molar-refractivity contribution in [2.75, 3.05) is 24.3 Å². The molecule has 0 radical (unpaired) electrons. The average molecular weight is 459 g/mol. The van der Waals surface area contributed by atoms with Gasteiger partial charge in [-0.2, -0.15) is 0 Å². The summed E-state index contributed by atoms with van der Waals surface area (Å²) in [6.07, 6.45) is 5.17. The smallest absolute Gasteiger partial charge is 0.152 e. The number of allylic oxidation sites excluding steroid dienone is 1. The first-order valence-corrected chi connectivity index (χ1v) is 11.8. The van der Waals surface area contributed by atoms with Gasteiger partial charge in [-0.25, -0.2) is 9.97 Å². The monoisotopic (exact) mass is 458 g/mol. The standard InChI is InChI=1S/C17H16N4O.C9H10.CH5P/c1-18-14-6-2-4-12(8-14)9-19-17-15-7-3-5-13(10-22)16(15)20-11-21-17;1-2-6-9-7-4-3-5-8-9;1-2/h2-8,10-11,18H,9H2,1H3,(H,19,20,21);2-5,7-8H,1,6H2;2H2,1H3.